The standard InChI is InChI=1S/C50H21B7O/c51-42-39(45(54)49-40(43(42)52)41-44(53)46(55)47(56)48(57)50(41)58-49)30-20-28(31-15-11-26-9-7-22-3-1-5-24-13-17-33(31)37(26)35(22)24)19-29(21-30)32-16-12-27-10-8-23-4-2-6-25-14-18-34(32)38(27)36(23)25/h1-21H. The minimum Gasteiger partial charge on any atom is -0.457 e. The summed E-state index contributed by atoms with van der Waals surface area (Å²) in [4.78, 5) is 0. The largest absolute Gasteiger partial charge is 0.457 e. The Morgan fingerprint density at radius 1 is 0.293 bits per heavy atom. The lowest BCUT2D eigenvalue weighted by Crippen LogP contribution is -2.47. The van der Waals surface area contributed by atoms with E-state index < -0.39 is 0 Å². The summed E-state index contributed by atoms with van der Waals surface area (Å²) < 4.78 is 6.40. The van der Waals surface area contributed by atoms with Gasteiger partial charge < -0.3 is 4.42 Å². The van der Waals surface area contributed by atoms with E-state index in [2.05, 4.69) is 127 Å². The molecule has 14 radical (unpaired) electrons. The van der Waals surface area contributed by atoms with Crippen LogP contribution < -0.4 is 38.2 Å². The maximum absolute atomic E-state index is 7.14. The van der Waals surface area contributed by atoms with Gasteiger partial charge in [-0.1, -0.05) is 131 Å². The third-order valence-electron chi connectivity index (χ3n) is 12.5. The first-order valence-corrected chi connectivity index (χ1v) is 19.1. The Labute approximate surface area is 343 Å². The summed E-state index contributed by atoms with van der Waals surface area (Å²) in [5.74, 6) is 0. The van der Waals surface area contributed by atoms with Crippen molar-refractivity contribution in [1.29, 1.82) is 0 Å². The van der Waals surface area contributed by atoms with Gasteiger partial charge in [-0.15, -0.1) is 10.9 Å². The first-order chi connectivity index (χ1) is 28.2. The fourth-order valence-electron chi connectivity index (χ4n) is 9.77. The lowest BCUT2D eigenvalue weighted by molar-refractivity contribution is 0.675. The molecule has 0 atom stereocenters. The topological polar surface area (TPSA) is 13.1 Å². The van der Waals surface area contributed by atoms with Crippen LogP contribution in [0.2, 0.25) is 0 Å². The Bertz CT molecular complexity index is 3570. The average molecular weight is 713 g/mol. The molecule has 12 aromatic rings. The highest BCUT2D eigenvalue weighted by Gasteiger charge is 2.23. The first-order valence-electron chi connectivity index (χ1n) is 19.1. The summed E-state index contributed by atoms with van der Waals surface area (Å²) in [5.41, 5.74) is 7.48. The molecule has 1 heterocycles. The maximum Gasteiger partial charge on any atom is 0.128 e. The van der Waals surface area contributed by atoms with Crippen LogP contribution in [0.15, 0.2) is 132 Å². The van der Waals surface area contributed by atoms with Gasteiger partial charge in [-0.3, -0.25) is 0 Å². The zero-order chi connectivity index (χ0) is 39.3. The van der Waals surface area contributed by atoms with Gasteiger partial charge in [0.1, 0.15) is 66.1 Å². The van der Waals surface area contributed by atoms with Crippen molar-refractivity contribution >= 4 is 180 Å². The fraction of sp³-hybridized carbons (Fsp3) is 0. The second-order valence-corrected chi connectivity index (χ2v) is 15.5. The maximum atomic E-state index is 7.14. The highest BCUT2D eigenvalue weighted by molar-refractivity contribution is 6.69. The summed E-state index contributed by atoms with van der Waals surface area (Å²) in [6.45, 7) is 0. The third kappa shape index (κ3) is 4.41. The van der Waals surface area contributed by atoms with E-state index in [1.807, 2.05) is 0 Å². The van der Waals surface area contributed by atoms with Gasteiger partial charge in [0, 0.05) is 10.8 Å². The molecule has 1 aromatic heterocycles. The molecule has 8 heteroatoms. The van der Waals surface area contributed by atoms with Crippen molar-refractivity contribution in [1.82, 2.24) is 0 Å². The average Bonchev–Trinajstić information content (AvgIpc) is 3.67. The molecule has 248 valence electrons. The number of benzene rings is 11. The van der Waals surface area contributed by atoms with E-state index >= 15 is 0 Å². The van der Waals surface area contributed by atoms with Crippen molar-refractivity contribution in [2.45, 2.75) is 0 Å². The summed E-state index contributed by atoms with van der Waals surface area (Å²) in [6, 6.07) is 46.0. The first kappa shape index (κ1) is 33.9. The molecule has 0 saturated heterocycles. The molecule has 0 aliphatic heterocycles. The number of hydrogen-bond acceptors (Lipinski definition) is 1. The molecule has 0 saturated carbocycles. The Balaban J connectivity index is 1.19. The smallest absolute Gasteiger partial charge is 0.128 e. The lowest BCUT2D eigenvalue weighted by atomic mass is 9.64. The molecule has 0 bridgehead atoms. The zero-order valence-corrected chi connectivity index (χ0v) is 31.1. The van der Waals surface area contributed by atoms with E-state index in [-0.39, 0.29) is 38.4 Å². The number of rotatable bonds is 3. The Kier molecular flexibility index (Phi) is 6.95. The summed E-state index contributed by atoms with van der Waals surface area (Å²) in [7, 11) is 46.7. The second kappa shape index (κ2) is 11.9. The monoisotopic (exact) mass is 714 g/mol. The van der Waals surface area contributed by atoms with E-state index in [0.29, 0.717) is 27.4 Å². The van der Waals surface area contributed by atoms with Gasteiger partial charge in [0.25, 0.3) is 0 Å². The van der Waals surface area contributed by atoms with E-state index in [1.54, 1.807) is 0 Å². The van der Waals surface area contributed by atoms with Gasteiger partial charge in [0.05, 0.1) is 0 Å². The van der Waals surface area contributed by atoms with Crippen molar-refractivity contribution in [3.8, 4) is 33.4 Å². The van der Waals surface area contributed by atoms with Gasteiger partial charge >= 0.3 is 0 Å². The van der Waals surface area contributed by atoms with Gasteiger partial charge in [-0.2, -0.15) is 0 Å². The molecular weight excluding hydrogens is 692 g/mol. The normalized spacial score (nSPS) is 12.3. The quantitative estimate of drug-likeness (QED) is 0.163. The van der Waals surface area contributed by atoms with Crippen LogP contribution in [0.1, 0.15) is 0 Å². The molecule has 58 heavy (non-hydrogen) atoms. The van der Waals surface area contributed by atoms with E-state index in [0.717, 1.165) is 38.6 Å². The molecule has 0 unspecified atom stereocenters. The van der Waals surface area contributed by atoms with Crippen LogP contribution in [0.3, 0.4) is 0 Å². The van der Waals surface area contributed by atoms with Crippen LogP contribution in [-0.2, 0) is 0 Å². The molecule has 0 fully saturated rings. The van der Waals surface area contributed by atoms with Crippen LogP contribution in [0.25, 0.3) is 120 Å². The number of hydrogen-bond donors (Lipinski definition) is 0. The number of fused-ring (bicyclic) bond motifs is 3. The summed E-state index contributed by atoms with van der Waals surface area (Å²) in [5, 5.41) is 15.3. The van der Waals surface area contributed by atoms with Crippen molar-refractivity contribution in [2.24, 2.45) is 0 Å². The molecule has 0 spiro atoms. The number of furan rings is 1. The molecule has 1 nitrogen and oxygen atoms in total. The highest BCUT2D eigenvalue weighted by Crippen LogP contribution is 2.44. The molecule has 0 aliphatic carbocycles. The van der Waals surface area contributed by atoms with Crippen molar-refractivity contribution in [2.75, 3.05) is 0 Å². The van der Waals surface area contributed by atoms with Gasteiger partial charge in [0.2, 0.25) is 0 Å². The van der Waals surface area contributed by atoms with Gasteiger partial charge in [0.15, 0.2) is 0 Å². The molecule has 12 rings (SSSR count). The van der Waals surface area contributed by atoms with Crippen LogP contribution in [0.4, 0.5) is 0 Å². The van der Waals surface area contributed by atoms with E-state index in [9.17, 15) is 0 Å². The van der Waals surface area contributed by atoms with Crippen LogP contribution in [0, 0.1) is 0 Å². The molecule has 0 aliphatic rings. The molecule has 11 aromatic carbocycles. The van der Waals surface area contributed by atoms with Crippen LogP contribution >= 0.6 is 0 Å². The Hall–Kier alpha value is -6.25. The predicted octanol–water partition coefficient (Wildman–Crippen LogP) is 5.94. The zero-order valence-electron chi connectivity index (χ0n) is 31.1. The molecule has 0 N–H and O–H groups in total. The lowest BCUT2D eigenvalue weighted by Gasteiger charge is -2.20. The second-order valence-electron chi connectivity index (χ2n) is 15.5. The molecular formula is C50H21B7O. The minimum atomic E-state index is 0.133. The summed E-state index contributed by atoms with van der Waals surface area (Å²) >= 11 is 0. The van der Waals surface area contributed by atoms with Gasteiger partial charge in [-0.05, 0) is 122 Å². The van der Waals surface area contributed by atoms with Crippen LogP contribution in [-0.4, -0.2) is 54.9 Å². The minimum absolute atomic E-state index is 0.133. The van der Waals surface area contributed by atoms with Crippen molar-refractivity contribution < 1.29 is 4.42 Å². The highest BCUT2D eigenvalue weighted by atomic mass is 16.3. The van der Waals surface area contributed by atoms with Crippen molar-refractivity contribution in [3.05, 3.63) is 127 Å². The van der Waals surface area contributed by atoms with E-state index in [4.69, 9.17) is 59.3 Å². The fourth-order valence-corrected chi connectivity index (χ4v) is 9.77. The Morgan fingerprint density at radius 3 is 1.17 bits per heavy atom. The SMILES string of the molecule is [B]c1c([B])c([B])c2c(oc3c([B])c(-c4cc(-c5ccc6ccc7cccc8ccc5c6c78)cc(-c5ccc6ccc7cccc8ccc5c6c78)c4)c([B])c([B])c32)c1[B]. The predicted molar refractivity (Wildman–Crippen MR) is 255 cm³/mol. The Morgan fingerprint density at radius 2 is 0.672 bits per heavy atom. The van der Waals surface area contributed by atoms with Crippen LogP contribution in [0.5, 0.6) is 0 Å². The van der Waals surface area contributed by atoms with Gasteiger partial charge in [-0.25, -0.2) is 0 Å². The van der Waals surface area contributed by atoms with Crippen molar-refractivity contribution in [3.63, 3.8) is 0 Å². The van der Waals surface area contributed by atoms with E-state index in [1.165, 1.54) is 53.9 Å². The summed E-state index contributed by atoms with van der Waals surface area (Å²) in [6.07, 6.45) is 0. The molecule has 0 amide bonds. The third-order valence-corrected chi connectivity index (χ3v) is 12.5.